The third kappa shape index (κ3) is 5.74. The van der Waals surface area contributed by atoms with Crippen molar-refractivity contribution in [1.29, 1.82) is 0 Å². The quantitative estimate of drug-likeness (QED) is 0.268. The summed E-state index contributed by atoms with van der Waals surface area (Å²) in [6.07, 6.45) is 1.57. The van der Waals surface area contributed by atoms with E-state index in [1.807, 2.05) is 24.6 Å². The molecular formula is C12H20N2O6S. The van der Waals surface area contributed by atoms with Crippen LogP contribution in [0.4, 0.5) is 5.69 Å². The molecule has 0 saturated carbocycles. The summed E-state index contributed by atoms with van der Waals surface area (Å²) in [6.45, 7) is 5.80. The van der Waals surface area contributed by atoms with E-state index in [1.165, 1.54) is 0 Å². The first-order valence-corrected chi connectivity index (χ1v) is 7.59. The smallest absolute Gasteiger partial charge is 0.338 e. The van der Waals surface area contributed by atoms with Crippen molar-refractivity contribution >= 4 is 16.1 Å². The Balaban J connectivity index is 0.000000567. The van der Waals surface area contributed by atoms with Crippen LogP contribution in [0.3, 0.4) is 0 Å². The maximum Gasteiger partial charge on any atom is 0.338 e. The first-order chi connectivity index (χ1) is 9.58. The van der Waals surface area contributed by atoms with Crippen molar-refractivity contribution < 1.29 is 26.6 Å². The van der Waals surface area contributed by atoms with Crippen molar-refractivity contribution in [3.63, 3.8) is 0 Å². The number of pyridine rings is 1. The fourth-order valence-electron chi connectivity index (χ4n) is 1.97. The van der Waals surface area contributed by atoms with Gasteiger partial charge in [-0.3, -0.25) is 14.3 Å². The Morgan fingerprint density at radius 3 is 2.10 bits per heavy atom. The number of aryl methyl sites for hydroxylation is 2. The Hall–Kier alpha value is -1.58. The molecule has 0 fully saturated rings. The predicted octanol–water partition coefficient (Wildman–Crippen LogP) is 0.946. The molecule has 8 nitrogen and oxygen atoms in total. The molecule has 0 bridgehead atoms. The summed E-state index contributed by atoms with van der Waals surface area (Å²) in [5.41, 5.74) is 2.95. The van der Waals surface area contributed by atoms with Gasteiger partial charge in [0, 0.05) is 24.5 Å². The van der Waals surface area contributed by atoms with Gasteiger partial charge in [-0.15, -0.1) is 0 Å². The van der Waals surface area contributed by atoms with E-state index in [9.17, 15) is 23.1 Å². The van der Waals surface area contributed by atoms with E-state index in [-0.39, 0.29) is 10.6 Å². The second-order valence-corrected chi connectivity index (χ2v) is 5.36. The van der Waals surface area contributed by atoms with Gasteiger partial charge in [0.2, 0.25) is 10.4 Å². The van der Waals surface area contributed by atoms with Gasteiger partial charge in [0.25, 0.3) is 5.69 Å². The van der Waals surface area contributed by atoms with Crippen LogP contribution in [-0.4, -0.2) is 25.0 Å². The zero-order chi connectivity index (χ0) is 16.8. The molecule has 0 unspecified atom stereocenters. The molecule has 0 aliphatic carbocycles. The van der Waals surface area contributed by atoms with Gasteiger partial charge < -0.3 is 4.55 Å². The molecule has 1 aromatic heterocycles. The van der Waals surface area contributed by atoms with Crippen molar-refractivity contribution in [2.45, 2.75) is 33.6 Å². The van der Waals surface area contributed by atoms with Gasteiger partial charge >= 0.3 is 5.69 Å². The van der Waals surface area contributed by atoms with E-state index in [1.54, 1.807) is 6.92 Å². The number of nitrogens with zero attached hydrogens (tertiary/aromatic N) is 2. The molecule has 1 rings (SSSR count). The topological polar surface area (TPSA) is 113 Å². The van der Waals surface area contributed by atoms with Gasteiger partial charge in [0.05, 0.1) is 12.0 Å². The van der Waals surface area contributed by atoms with Gasteiger partial charge in [-0.1, -0.05) is 13.8 Å². The van der Waals surface area contributed by atoms with Gasteiger partial charge in [0.1, 0.15) is 7.05 Å². The Morgan fingerprint density at radius 2 is 1.81 bits per heavy atom. The Labute approximate surface area is 124 Å². The van der Waals surface area contributed by atoms with Crippen LogP contribution in [0.15, 0.2) is 6.07 Å². The highest BCUT2D eigenvalue weighted by atomic mass is 32.3. The molecule has 0 amide bonds. The molecule has 9 heteroatoms. The fraction of sp³-hybridized carbons (Fsp3) is 0.583. The van der Waals surface area contributed by atoms with Crippen LogP contribution >= 0.6 is 0 Å². The minimum Gasteiger partial charge on any atom is -0.726 e. The highest BCUT2D eigenvalue weighted by molar-refractivity contribution is 7.80. The monoisotopic (exact) mass is 320 g/mol. The van der Waals surface area contributed by atoms with Gasteiger partial charge in [0.15, 0.2) is 5.69 Å². The lowest BCUT2D eigenvalue weighted by Crippen LogP contribution is -2.39. The summed E-state index contributed by atoms with van der Waals surface area (Å²) >= 11 is 0. The summed E-state index contributed by atoms with van der Waals surface area (Å²) in [5.74, 6) is 0. The first-order valence-electron chi connectivity index (χ1n) is 6.26. The van der Waals surface area contributed by atoms with Gasteiger partial charge in [-0.25, -0.2) is 8.42 Å². The van der Waals surface area contributed by atoms with Crippen LogP contribution in [-0.2, 0) is 34.5 Å². The van der Waals surface area contributed by atoms with Gasteiger partial charge in [-0.2, -0.15) is 4.57 Å². The predicted molar refractivity (Wildman–Crippen MR) is 74.5 cm³/mol. The average Bonchev–Trinajstić information content (AvgIpc) is 2.39. The standard InChI is InChI=1S/C11H17N2O2.CH4O4S/c1-5-9-7-8(3)11(13(14)15)10(6-2)12(9)4;1-5-6(2,3)4/h7H,5-6H2,1-4H3;1H3,(H,2,3,4)/q+1;/p-1. The molecule has 0 saturated heterocycles. The zero-order valence-electron chi connectivity index (χ0n) is 12.7. The third-order valence-corrected chi connectivity index (χ3v) is 3.36. The molecule has 0 aromatic carbocycles. The van der Waals surface area contributed by atoms with E-state index in [4.69, 9.17) is 0 Å². The molecule has 0 radical (unpaired) electrons. The zero-order valence-corrected chi connectivity index (χ0v) is 13.6. The SMILES string of the molecule is CCc1cc(C)c([N+](=O)[O-])c(CC)[n+]1C.COS(=O)(=O)[O-]. The summed E-state index contributed by atoms with van der Waals surface area (Å²) in [5, 5.41) is 10.9. The molecule has 0 N–H and O–H groups in total. The summed E-state index contributed by atoms with van der Waals surface area (Å²) in [4.78, 5) is 10.7. The normalized spacial score (nSPS) is 10.8. The minimum absolute atomic E-state index is 0.261. The van der Waals surface area contributed by atoms with E-state index < -0.39 is 10.4 Å². The number of hydrogen-bond donors (Lipinski definition) is 0. The average molecular weight is 320 g/mol. The lowest BCUT2D eigenvalue weighted by Gasteiger charge is -2.05. The number of rotatable bonds is 4. The molecule has 120 valence electrons. The molecule has 1 heterocycles. The third-order valence-electron chi connectivity index (χ3n) is 2.95. The van der Waals surface area contributed by atoms with Crippen molar-refractivity contribution in [1.82, 2.24) is 0 Å². The Kier molecular flexibility index (Phi) is 7.41. The molecule has 21 heavy (non-hydrogen) atoms. The van der Waals surface area contributed by atoms with Crippen LogP contribution in [0.1, 0.15) is 30.8 Å². The Bertz CT molecular complexity index is 613. The maximum atomic E-state index is 10.9. The van der Waals surface area contributed by atoms with Crippen LogP contribution in [0.5, 0.6) is 0 Å². The Morgan fingerprint density at radius 1 is 1.33 bits per heavy atom. The lowest BCUT2D eigenvalue weighted by atomic mass is 10.1. The second-order valence-electron chi connectivity index (χ2n) is 4.21. The van der Waals surface area contributed by atoms with E-state index in [0.29, 0.717) is 6.42 Å². The van der Waals surface area contributed by atoms with E-state index in [0.717, 1.165) is 30.5 Å². The largest absolute Gasteiger partial charge is 0.726 e. The number of hydrogen-bond acceptors (Lipinski definition) is 6. The maximum absolute atomic E-state index is 10.9. The highest BCUT2D eigenvalue weighted by Gasteiger charge is 2.27. The molecular weight excluding hydrogens is 300 g/mol. The molecule has 1 aromatic rings. The second kappa shape index (κ2) is 8.01. The van der Waals surface area contributed by atoms with E-state index in [2.05, 4.69) is 11.1 Å². The summed E-state index contributed by atoms with van der Waals surface area (Å²) < 4.78 is 33.0. The van der Waals surface area contributed by atoms with Crippen LogP contribution < -0.4 is 4.57 Å². The minimum atomic E-state index is -4.41. The van der Waals surface area contributed by atoms with Crippen molar-refractivity contribution in [2.24, 2.45) is 7.05 Å². The number of nitro groups is 1. The molecule has 0 spiro atoms. The molecule has 0 aliphatic rings. The molecule has 0 aliphatic heterocycles. The van der Waals surface area contributed by atoms with Crippen LogP contribution in [0, 0.1) is 17.0 Å². The van der Waals surface area contributed by atoms with Gasteiger partial charge in [-0.05, 0) is 6.92 Å². The van der Waals surface area contributed by atoms with Crippen molar-refractivity contribution in [3.05, 3.63) is 33.1 Å². The first kappa shape index (κ1) is 19.4. The van der Waals surface area contributed by atoms with Crippen LogP contribution in [0.25, 0.3) is 0 Å². The summed E-state index contributed by atoms with van der Waals surface area (Å²) in [6, 6.07) is 1.90. The summed E-state index contributed by atoms with van der Waals surface area (Å²) in [7, 11) is -1.71. The molecule has 0 atom stereocenters. The highest BCUT2D eigenvalue weighted by Crippen LogP contribution is 2.21. The van der Waals surface area contributed by atoms with Crippen molar-refractivity contribution in [2.75, 3.05) is 7.11 Å². The number of aromatic nitrogens is 1. The van der Waals surface area contributed by atoms with Crippen molar-refractivity contribution in [3.8, 4) is 0 Å². The van der Waals surface area contributed by atoms with E-state index >= 15 is 0 Å². The fourth-order valence-corrected chi connectivity index (χ4v) is 1.97. The lowest BCUT2D eigenvalue weighted by molar-refractivity contribution is -0.689. The van der Waals surface area contributed by atoms with Crippen LogP contribution in [0.2, 0.25) is 0 Å².